The summed E-state index contributed by atoms with van der Waals surface area (Å²) in [5.74, 6) is 0. The van der Waals surface area contributed by atoms with Gasteiger partial charge in [0.25, 0.3) is 0 Å². The number of hydrogen-bond donors (Lipinski definition) is 0. The summed E-state index contributed by atoms with van der Waals surface area (Å²) in [7, 11) is 0. The molecule has 0 saturated carbocycles. The molecule has 0 aliphatic rings. The Hall–Kier alpha value is -0.136. The molecule has 0 unspecified atom stereocenters. The molecule has 2 rings (SSSR count). The maximum atomic E-state index is 2.25. The van der Waals surface area contributed by atoms with Crippen LogP contribution in [0.25, 0.3) is 0 Å². The zero-order chi connectivity index (χ0) is 17.0. The number of halogens is 2. The van der Waals surface area contributed by atoms with E-state index in [-0.39, 0.29) is 24.8 Å². The quantitative estimate of drug-likeness (QED) is 0.502. The molecule has 2 aromatic carbocycles. The van der Waals surface area contributed by atoms with Gasteiger partial charge >= 0.3 is 37.6 Å². The van der Waals surface area contributed by atoms with Gasteiger partial charge in [-0.3, -0.25) is 0 Å². The molecule has 0 bridgehead atoms. The summed E-state index contributed by atoms with van der Waals surface area (Å²) in [5, 5.41) is 0. The van der Waals surface area contributed by atoms with Crippen LogP contribution < -0.4 is 24.8 Å². The van der Waals surface area contributed by atoms with E-state index >= 15 is 0 Å². The molecule has 0 fully saturated rings. The summed E-state index contributed by atoms with van der Waals surface area (Å²) in [4.78, 5) is 0. The van der Waals surface area contributed by atoms with E-state index in [1.807, 2.05) is 0 Å². The Morgan fingerprint density at radius 3 is 1.29 bits per heavy atom. The largest absolute Gasteiger partial charge is 1.00 e. The predicted molar refractivity (Wildman–Crippen MR) is 97.9 cm³/mol. The first-order valence-electron chi connectivity index (χ1n) is 8.35. The van der Waals surface area contributed by atoms with Gasteiger partial charge in [0.15, 0.2) is 0 Å². The molecule has 0 aromatic heterocycles. The second-order valence-electron chi connectivity index (χ2n) is 6.09. The summed E-state index contributed by atoms with van der Waals surface area (Å²) in [6.45, 7) is 12.9. The van der Waals surface area contributed by atoms with Crippen LogP contribution >= 0.6 is 0 Å². The monoisotopic (exact) mass is 402 g/mol. The molecule has 0 atom stereocenters. The molecule has 0 N–H and O–H groups in total. The van der Waals surface area contributed by atoms with Gasteiger partial charge in [-0.1, -0.05) is 53.4 Å². The van der Waals surface area contributed by atoms with Crippen molar-refractivity contribution in [1.82, 2.24) is 0 Å². The average molecular weight is 403 g/mol. The fourth-order valence-corrected chi connectivity index (χ4v) is 2.14. The maximum absolute atomic E-state index is 2.25. The normalized spacial score (nSPS) is 8.67. The Kier molecular flexibility index (Phi) is 21.1. The third kappa shape index (κ3) is 16.7. The second kappa shape index (κ2) is 17.7. The van der Waals surface area contributed by atoms with E-state index in [4.69, 9.17) is 0 Å². The Labute approximate surface area is 173 Å². The molecule has 0 nitrogen and oxygen atoms in total. The van der Waals surface area contributed by atoms with Gasteiger partial charge in [-0.05, 0) is 0 Å². The molecule has 2 aromatic rings. The summed E-state index contributed by atoms with van der Waals surface area (Å²) >= 11 is 2.08. The van der Waals surface area contributed by atoms with E-state index in [1.54, 1.807) is 0 Å². The third-order valence-electron chi connectivity index (χ3n) is 3.02. The molecule has 136 valence electrons. The Bertz CT molecular complexity index is 477. The van der Waals surface area contributed by atoms with Gasteiger partial charge in [0.2, 0.25) is 0 Å². The molecule has 0 saturated heterocycles. The molecular weight excluding hydrogens is 371 g/mol. The Morgan fingerprint density at radius 1 is 0.833 bits per heavy atom. The third-order valence-corrected chi connectivity index (χ3v) is 3.02. The fraction of sp³-hybridized carbons (Fsp3) is 0.476. The topological polar surface area (TPSA) is 0 Å². The first kappa shape index (κ1) is 28.7. The minimum absolute atomic E-state index is 0. The minimum Gasteiger partial charge on any atom is -1.00 e. The van der Waals surface area contributed by atoms with Crippen LogP contribution in [-0.2, 0) is 32.8 Å². The van der Waals surface area contributed by atoms with Gasteiger partial charge < -0.3 is 24.8 Å². The van der Waals surface area contributed by atoms with Crippen LogP contribution in [0.15, 0.2) is 36.4 Å². The molecular formula is C21H32Cl2Ti-2. The molecule has 0 aliphatic carbocycles. The molecule has 0 heterocycles. The van der Waals surface area contributed by atoms with Crippen molar-refractivity contribution < 1.29 is 44.8 Å². The van der Waals surface area contributed by atoms with Crippen molar-refractivity contribution in [2.45, 2.75) is 67.2 Å². The molecule has 3 heteroatoms. The van der Waals surface area contributed by atoms with Gasteiger partial charge in [0, 0.05) is 0 Å². The van der Waals surface area contributed by atoms with Gasteiger partial charge in [-0.2, -0.15) is 35.4 Å². The van der Waals surface area contributed by atoms with E-state index in [9.17, 15) is 0 Å². The van der Waals surface area contributed by atoms with Crippen LogP contribution in [0.5, 0.6) is 0 Å². The molecule has 0 radical (unpaired) electrons. The van der Waals surface area contributed by atoms with Gasteiger partial charge in [0.05, 0.1) is 0 Å². The van der Waals surface area contributed by atoms with Crippen LogP contribution in [-0.4, -0.2) is 3.81 Å². The summed E-state index contributed by atoms with van der Waals surface area (Å²) < 4.78 is 1.42. The van der Waals surface area contributed by atoms with E-state index in [2.05, 4.69) is 97.9 Å². The van der Waals surface area contributed by atoms with Crippen molar-refractivity contribution in [2.75, 3.05) is 0 Å². The van der Waals surface area contributed by atoms with Crippen LogP contribution in [0, 0.1) is 13.8 Å². The van der Waals surface area contributed by atoms with E-state index in [1.165, 1.54) is 51.7 Å². The van der Waals surface area contributed by atoms with Crippen molar-refractivity contribution in [3.8, 4) is 0 Å². The van der Waals surface area contributed by atoms with Gasteiger partial charge in [-0.15, -0.1) is 0 Å². The van der Waals surface area contributed by atoms with Crippen molar-refractivity contribution in [3.05, 3.63) is 58.7 Å². The maximum Gasteiger partial charge on any atom is -1.00 e. The first-order chi connectivity index (χ1) is 10.4. The zero-order valence-electron chi connectivity index (χ0n) is 16.0. The van der Waals surface area contributed by atoms with E-state index in [0.717, 1.165) is 0 Å². The SMILES string of the molecule is CCC[c-]1ccc(C)c1.CCC[c-]1ccc(C)c1.C[C](C)=[Ti+2].[Cl-].[Cl-]. The summed E-state index contributed by atoms with van der Waals surface area (Å²) in [6.07, 6.45) is 4.97. The standard InChI is InChI=1S/2C9H13.C3H6.2ClH.Ti/c2*1-3-4-9-6-5-8(2)7-9;1-3-2;;;/h2*5-7H,3-4H2,1-2H3;1-2H3;2*1H;/q2*-1;;;;+2/p-2. The van der Waals surface area contributed by atoms with E-state index < -0.39 is 0 Å². The molecule has 0 aliphatic heterocycles. The second-order valence-corrected chi connectivity index (χ2v) is 7.65. The van der Waals surface area contributed by atoms with E-state index in [0.29, 0.717) is 0 Å². The number of rotatable bonds is 4. The van der Waals surface area contributed by atoms with Crippen molar-refractivity contribution in [2.24, 2.45) is 0 Å². The molecule has 24 heavy (non-hydrogen) atoms. The first-order valence-corrected chi connectivity index (χ1v) is 9.13. The fourth-order valence-electron chi connectivity index (χ4n) is 2.14. The van der Waals surface area contributed by atoms with Gasteiger partial charge in [0.1, 0.15) is 0 Å². The van der Waals surface area contributed by atoms with Crippen molar-refractivity contribution in [3.63, 3.8) is 0 Å². The number of aryl methyl sites for hydroxylation is 4. The van der Waals surface area contributed by atoms with Crippen molar-refractivity contribution >= 4 is 3.81 Å². The number of hydrogen-bond acceptors (Lipinski definition) is 0. The van der Waals surface area contributed by atoms with Crippen molar-refractivity contribution in [1.29, 1.82) is 0 Å². The average Bonchev–Trinajstić information content (AvgIpc) is 3.00. The molecule has 0 spiro atoms. The van der Waals surface area contributed by atoms with Crippen LogP contribution in [0.4, 0.5) is 0 Å². The van der Waals surface area contributed by atoms with Crippen LogP contribution in [0.3, 0.4) is 0 Å². The van der Waals surface area contributed by atoms with Crippen LogP contribution in [0.2, 0.25) is 0 Å². The van der Waals surface area contributed by atoms with Crippen LogP contribution in [0.1, 0.15) is 62.8 Å². The molecule has 0 amide bonds. The zero-order valence-corrected chi connectivity index (χ0v) is 19.1. The van der Waals surface area contributed by atoms with Gasteiger partial charge in [-0.25, -0.2) is 23.3 Å². The summed E-state index contributed by atoms with van der Waals surface area (Å²) in [5.41, 5.74) is 5.74. The Morgan fingerprint density at radius 2 is 1.12 bits per heavy atom. The minimum atomic E-state index is 0. The Balaban J connectivity index is -0.000000283. The smallest absolute Gasteiger partial charge is 1.00 e. The summed E-state index contributed by atoms with van der Waals surface area (Å²) in [6, 6.07) is 13.3. The predicted octanol–water partition coefficient (Wildman–Crippen LogP) is 0.0862.